The second-order valence-corrected chi connectivity index (χ2v) is 7.52. The van der Waals surface area contributed by atoms with Crippen LogP contribution in [-0.2, 0) is 4.79 Å². The first-order valence-electron chi connectivity index (χ1n) is 8.02. The van der Waals surface area contributed by atoms with Crippen molar-refractivity contribution in [2.75, 3.05) is 18.2 Å². The minimum atomic E-state index is -0.0301. The number of ether oxygens (including phenoxy) is 1. The Balaban J connectivity index is 1.58. The summed E-state index contributed by atoms with van der Waals surface area (Å²) in [4.78, 5) is 13.5. The normalized spacial score (nSPS) is 10.5. The van der Waals surface area contributed by atoms with E-state index in [0.29, 0.717) is 12.2 Å². The van der Waals surface area contributed by atoms with Crippen molar-refractivity contribution < 1.29 is 9.53 Å². The van der Waals surface area contributed by atoms with Crippen LogP contribution in [0.3, 0.4) is 0 Å². The van der Waals surface area contributed by atoms with Crippen LogP contribution in [-0.4, -0.2) is 28.6 Å². The van der Waals surface area contributed by atoms with Gasteiger partial charge in [0, 0.05) is 33.9 Å². The van der Waals surface area contributed by atoms with Crippen LogP contribution in [0.15, 0.2) is 70.3 Å². The average Bonchev–Trinajstić information content (AvgIpc) is 3.17. The number of hydrogen-bond acceptors (Lipinski definition) is 4. The summed E-state index contributed by atoms with van der Waals surface area (Å²) in [5, 5.41) is 7.22. The minimum Gasteiger partial charge on any atom is -0.497 e. The monoisotopic (exact) mass is 431 g/mol. The number of thioether (sulfide) groups is 1. The summed E-state index contributed by atoms with van der Waals surface area (Å²) in [6.07, 6.45) is 3.97. The maximum atomic E-state index is 12.3. The highest BCUT2D eigenvalue weighted by atomic mass is 79.9. The Morgan fingerprint density at radius 2 is 2.08 bits per heavy atom. The van der Waals surface area contributed by atoms with E-state index in [4.69, 9.17) is 4.74 Å². The van der Waals surface area contributed by atoms with Crippen molar-refractivity contribution in [3.63, 3.8) is 0 Å². The van der Waals surface area contributed by atoms with Crippen molar-refractivity contribution in [1.82, 2.24) is 9.78 Å². The zero-order valence-corrected chi connectivity index (χ0v) is 16.6. The van der Waals surface area contributed by atoms with Crippen LogP contribution in [0.25, 0.3) is 5.69 Å². The van der Waals surface area contributed by atoms with Crippen molar-refractivity contribution in [2.45, 2.75) is 11.3 Å². The Bertz CT molecular complexity index is 867. The summed E-state index contributed by atoms with van der Waals surface area (Å²) in [6, 6.07) is 15.4. The molecule has 2 aromatic carbocycles. The maximum absolute atomic E-state index is 12.3. The van der Waals surface area contributed by atoms with Gasteiger partial charge >= 0.3 is 0 Å². The molecule has 1 heterocycles. The van der Waals surface area contributed by atoms with Gasteiger partial charge in [0.05, 0.1) is 18.5 Å². The second-order valence-electron chi connectivity index (χ2n) is 5.43. The van der Waals surface area contributed by atoms with Gasteiger partial charge in [-0.3, -0.25) is 4.79 Å². The van der Waals surface area contributed by atoms with Crippen LogP contribution in [0.4, 0.5) is 5.69 Å². The van der Waals surface area contributed by atoms with Crippen molar-refractivity contribution >= 4 is 39.3 Å². The lowest BCUT2D eigenvalue weighted by atomic mass is 10.2. The number of methoxy groups -OCH3 is 1. The molecule has 0 saturated heterocycles. The Morgan fingerprint density at radius 3 is 2.77 bits per heavy atom. The number of nitrogens with zero attached hydrogens (tertiary/aromatic N) is 2. The summed E-state index contributed by atoms with van der Waals surface area (Å²) >= 11 is 5.09. The molecule has 1 amide bonds. The van der Waals surface area contributed by atoms with E-state index in [2.05, 4.69) is 26.3 Å². The molecule has 3 aromatic rings. The van der Waals surface area contributed by atoms with E-state index in [9.17, 15) is 4.79 Å². The van der Waals surface area contributed by atoms with E-state index in [1.54, 1.807) is 29.8 Å². The molecular formula is C19H18BrN3O2S. The molecule has 3 rings (SSSR count). The van der Waals surface area contributed by atoms with Gasteiger partial charge in [-0.1, -0.05) is 15.9 Å². The summed E-state index contributed by atoms with van der Waals surface area (Å²) in [6.45, 7) is 0. The zero-order valence-electron chi connectivity index (χ0n) is 14.2. The van der Waals surface area contributed by atoms with Crippen LogP contribution < -0.4 is 10.1 Å². The van der Waals surface area contributed by atoms with Gasteiger partial charge in [0.1, 0.15) is 5.75 Å². The van der Waals surface area contributed by atoms with Crippen LogP contribution in [0.1, 0.15) is 6.42 Å². The maximum Gasteiger partial charge on any atom is 0.225 e. The van der Waals surface area contributed by atoms with Crippen molar-refractivity contribution in [1.29, 1.82) is 0 Å². The standard InChI is InChI=1S/C19H18BrN3O2S/c1-25-15-4-6-16(7-5-15)26-12-9-19(24)22-17-13-14(20)3-8-18(17)23-11-2-10-21-23/h2-8,10-11,13H,9,12H2,1H3,(H,22,24). The lowest BCUT2D eigenvalue weighted by Gasteiger charge is -2.12. The highest BCUT2D eigenvalue weighted by molar-refractivity contribution is 9.10. The Morgan fingerprint density at radius 1 is 1.27 bits per heavy atom. The topological polar surface area (TPSA) is 56.1 Å². The zero-order chi connectivity index (χ0) is 18.4. The second kappa shape index (κ2) is 8.91. The molecule has 0 unspecified atom stereocenters. The third-order valence-corrected chi connectivity index (χ3v) is 5.15. The van der Waals surface area contributed by atoms with E-state index in [-0.39, 0.29) is 5.91 Å². The van der Waals surface area contributed by atoms with Gasteiger partial charge in [-0.25, -0.2) is 4.68 Å². The number of carbonyl (C=O) groups is 1. The molecule has 26 heavy (non-hydrogen) atoms. The Hall–Kier alpha value is -2.25. The van der Waals surface area contributed by atoms with Gasteiger partial charge in [0.2, 0.25) is 5.91 Å². The number of halogens is 1. The number of benzene rings is 2. The lowest BCUT2D eigenvalue weighted by molar-refractivity contribution is -0.115. The molecule has 0 bridgehead atoms. The molecule has 1 N–H and O–H groups in total. The van der Waals surface area contributed by atoms with Crippen LogP contribution in [0, 0.1) is 0 Å². The SMILES string of the molecule is COc1ccc(SCCC(=O)Nc2cc(Br)ccc2-n2cccn2)cc1. The highest BCUT2D eigenvalue weighted by Gasteiger charge is 2.10. The van der Waals surface area contributed by atoms with Crippen molar-refractivity contribution in [3.05, 3.63) is 65.4 Å². The molecule has 5 nitrogen and oxygen atoms in total. The number of anilines is 1. The van der Waals surface area contributed by atoms with Crippen LogP contribution >= 0.6 is 27.7 Å². The molecule has 0 aliphatic carbocycles. The fourth-order valence-corrected chi connectivity index (χ4v) is 3.58. The molecule has 0 saturated carbocycles. The molecule has 0 aliphatic rings. The molecule has 134 valence electrons. The first-order valence-corrected chi connectivity index (χ1v) is 9.80. The smallest absolute Gasteiger partial charge is 0.225 e. The quantitative estimate of drug-likeness (QED) is 0.547. The summed E-state index contributed by atoms with van der Waals surface area (Å²) in [7, 11) is 1.64. The minimum absolute atomic E-state index is 0.0301. The summed E-state index contributed by atoms with van der Waals surface area (Å²) < 4.78 is 7.78. The predicted molar refractivity (Wildman–Crippen MR) is 108 cm³/mol. The Kier molecular flexibility index (Phi) is 6.35. The molecule has 1 aromatic heterocycles. The number of carbonyl (C=O) groups excluding carboxylic acids is 1. The van der Waals surface area contributed by atoms with Crippen LogP contribution in [0.5, 0.6) is 5.75 Å². The summed E-state index contributed by atoms with van der Waals surface area (Å²) in [5.41, 5.74) is 1.55. The van der Waals surface area contributed by atoms with Gasteiger partial charge in [0.15, 0.2) is 0 Å². The molecule has 0 radical (unpaired) electrons. The van der Waals surface area contributed by atoms with E-state index in [1.807, 2.05) is 54.7 Å². The molecule has 0 spiro atoms. The Labute approximate surface area is 164 Å². The fourth-order valence-electron chi connectivity index (χ4n) is 2.37. The first-order chi connectivity index (χ1) is 12.7. The largest absolute Gasteiger partial charge is 0.497 e. The predicted octanol–water partition coefficient (Wildman–Crippen LogP) is 4.76. The lowest BCUT2D eigenvalue weighted by Crippen LogP contribution is -2.14. The third kappa shape index (κ3) is 4.89. The molecule has 0 atom stereocenters. The van der Waals surface area contributed by atoms with E-state index in [1.165, 1.54) is 0 Å². The van der Waals surface area contributed by atoms with Gasteiger partial charge < -0.3 is 10.1 Å². The van der Waals surface area contributed by atoms with E-state index < -0.39 is 0 Å². The fraction of sp³-hybridized carbons (Fsp3) is 0.158. The van der Waals surface area contributed by atoms with Gasteiger partial charge in [-0.2, -0.15) is 5.10 Å². The van der Waals surface area contributed by atoms with Crippen LogP contribution in [0.2, 0.25) is 0 Å². The number of rotatable bonds is 7. The number of aromatic nitrogens is 2. The van der Waals surface area contributed by atoms with Gasteiger partial charge in [-0.05, 0) is 48.5 Å². The van der Waals surface area contributed by atoms with Gasteiger partial charge in [0.25, 0.3) is 0 Å². The molecule has 0 fully saturated rings. The molecule has 7 heteroatoms. The van der Waals surface area contributed by atoms with E-state index in [0.717, 1.165) is 26.5 Å². The first kappa shape index (κ1) is 18.5. The van der Waals surface area contributed by atoms with E-state index >= 15 is 0 Å². The molecule has 0 aliphatic heterocycles. The number of hydrogen-bond donors (Lipinski definition) is 1. The van der Waals surface area contributed by atoms with Gasteiger partial charge in [-0.15, -0.1) is 11.8 Å². The third-order valence-electron chi connectivity index (χ3n) is 3.64. The number of amides is 1. The average molecular weight is 432 g/mol. The van der Waals surface area contributed by atoms with Crippen molar-refractivity contribution in [2.24, 2.45) is 0 Å². The highest BCUT2D eigenvalue weighted by Crippen LogP contribution is 2.25. The number of nitrogens with one attached hydrogen (secondary N) is 1. The summed E-state index contributed by atoms with van der Waals surface area (Å²) in [5.74, 6) is 1.49. The molecular weight excluding hydrogens is 414 g/mol. The van der Waals surface area contributed by atoms with Crippen molar-refractivity contribution in [3.8, 4) is 11.4 Å².